The maximum atomic E-state index is 15.1. The van der Waals surface area contributed by atoms with E-state index in [1.54, 1.807) is 38.1 Å². The molecule has 0 spiro atoms. The Morgan fingerprint density at radius 1 is 0.485 bits per heavy atom. The minimum atomic E-state index is -4.93. The number of anilines is 3. The Morgan fingerprint density at radius 2 is 0.868 bits per heavy atom. The topological polar surface area (TPSA) is 81.1 Å². The van der Waals surface area contributed by atoms with Crippen molar-refractivity contribution in [1.82, 2.24) is 19.9 Å². The molecule has 0 radical (unpaired) electrons. The first kappa shape index (κ1) is 47.9. The zero-order valence-electron chi connectivity index (χ0n) is 38.1. The monoisotopic (exact) mass is 1100 g/mol. The van der Waals surface area contributed by atoms with Gasteiger partial charge in [0.15, 0.2) is 0 Å². The Morgan fingerprint density at radius 3 is 1.22 bits per heavy atom. The molecule has 0 aliphatic rings. The van der Waals surface area contributed by atoms with E-state index < -0.39 is 23.5 Å². The summed E-state index contributed by atoms with van der Waals surface area (Å²) in [6.07, 6.45) is -5.69. The van der Waals surface area contributed by atoms with Crippen LogP contribution in [0.2, 0.25) is 0 Å². The smallest absolute Gasteiger partial charge is 0.464 e. The number of aryl methyl sites for hydroxylation is 2. The number of nitrogens with zero attached hydrogens (tertiary/aromatic N) is 5. The fraction of sp³-hybridized carbons (Fsp3) is 0.222. The van der Waals surface area contributed by atoms with E-state index in [0.29, 0.717) is 22.3 Å². The van der Waals surface area contributed by atoms with Gasteiger partial charge in [-0.1, -0.05) is 90.1 Å². The van der Waals surface area contributed by atoms with Crippen LogP contribution in [0.3, 0.4) is 0 Å². The van der Waals surface area contributed by atoms with E-state index in [9.17, 15) is 0 Å². The van der Waals surface area contributed by atoms with Crippen molar-refractivity contribution in [2.45, 2.75) is 78.6 Å². The molecule has 0 aliphatic heterocycles. The maximum Gasteiger partial charge on any atom is 2.00 e. The molecule has 14 heteroatoms. The van der Waals surface area contributed by atoms with Gasteiger partial charge >= 0.3 is 33.4 Å². The number of rotatable bonds is 7. The summed E-state index contributed by atoms with van der Waals surface area (Å²) in [6.45, 7) is 15.8. The Bertz CT molecular complexity index is 3110. The molecule has 348 valence electrons. The van der Waals surface area contributed by atoms with Crippen molar-refractivity contribution in [2.75, 3.05) is 4.90 Å². The summed E-state index contributed by atoms with van der Waals surface area (Å²) in [7, 11) is 0. The Hall–Kier alpha value is -6.59. The molecule has 4 aromatic carbocycles. The van der Waals surface area contributed by atoms with Gasteiger partial charge in [0, 0.05) is 45.7 Å². The molecule has 0 saturated heterocycles. The molecule has 68 heavy (non-hydrogen) atoms. The molecule has 0 atom stereocenters. The zero-order valence-corrected chi connectivity index (χ0v) is 40.4. The molecule has 0 N–H and O–H groups in total. The molecule has 0 bridgehead atoms. The van der Waals surface area contributed by atoms with Crippen LogP contribution in [0.5, 0.6) is 0 Å². The van der Waals surface area contributed by atoms with Gasteiger partial charge < -0.3 is 23.7 Å². The van der Waals surface area contributed by atoms with E-state index in [1.807, 2.05) is 48.5 Å². The third kappa shape index (κ3) is 9.33. The normalized spacial score (nSPS) is 12.4. The Balaban J connectivity index is 0.00000625. The number of fused-ring (bicyclic) bond motifs is 2. The van der Waals surface area contributed by atoms with E-state index in [1.165, 1.54) is 23.6 Å². The van der Waals surface area contributed by atoms with Gasteiger partial charge in [-0.3, -0.25) is 0 Å². The molecular formula is C54H43F6N5O2Pt. The molecule has 0 aliphatic carbocycles. The number of benzene rings is 4. The van der Waals surface area contributed by atoms with Crippen LogP contribution in [0.25, 0.3) is 67.1 Å². The predicted octanol–water partition coefficient (Wildman–Crippen LogP) is 15.7. The summed E-state index contributed by atoms with van der Waals surface area (Å²) in [5.41, 5.74) is 1.49. The van der Waals surface area contributed by atoms with E-state index in [2.05, 4.69) is 73.6 Å². The van der Waals surface area contributed by atoms with Crippen molar-refractivity contribution in [2.24, 2.45) is 0 Å². The van der Waals surface area contributed by atoms with E-state index in [0.717, 1.165) is 46.5 Å². The van der Waals surface area contributed by atoms with Crippen molar-refractivity contribution in [1.29, 1.82) is 0 Å². The Labute approximate surface area is 403 Å². The molecule has 0 unspecified atom stereocenters. The first-order valence-electron chi connectivity index (χ1n) is 21.4. The predicted molar refractivity (Wildman–Crippen MR) is 248 cm³/mol. The molecular weight excluding hydrogens is 1060 g/mol. The fourth-order valence-corrected chi connectivity index (χ4v) is 8.08. The van der Waals surface area contributed by atoms with Crippen molar-refractivity contribution in [3.63, 3.8) is 0 Å². The van der Waals surface area contributed by atoms with Crippen LogP contribution in [-0.4, -0.2) is 19.9 Å². The average molecular weight is 1100 g/mol. The van der Waals surface area contributed by atoms with Crippen molar-refractivity contribution in [3.05, 3.63) is 162 Å². The molecule has 0 saturated carbocycles. The van der Waals surface area contributed by atoms with Gasteiger partial charge in [-0.05, 0) is 82.6 Å². The molecule has 7 nitrogen and oxygen atoms in total. The van der Waals surface area contributed by atoms with Crippen molar-refractivity contribution < 1.29 is 56.2 Å². The largest absolute Gasteiger partial charge is 2.00 e. The van der Waals surface area contributed by atoms with Gasteiger partial charge in [-0.25, -0.2) is 9.97 Å². The molecule has 9 aromatic rings. The Kier molecular flexibility index (Phi) is 12.3. The van der Waals surface area contributed by atoms with Crippen LogP contribution in [-0.2, 0) is 44.2 Å². The van der Waals surface area contributed by atoms with Gasteiger partial charge in [-0.2, -0.15) is 26.3 Å². The van der Waals surface area contributed by atoms with Crippen LogP contribution in [0.4, 0.5) is 43.4 Å². The number of alkyl halides is 6. The van der Waals surface area contributed by atoms with Gasteiger partial charge in [-0.15, -0.1) is 47.5 Å². The minimum Gasteiger partial charge on any atom is -0.464 e. The fourth-order valence-electron chi connectivity index (χ4n) is 8.08. The van der Waals surface area contributed by atoms with E-state index in [-0.39, 0.29) is 94.0 Å². The van der Waals surface area contributed by atoms with Crippen molar-refractivity contribution >= 4 is 39.0 Å². The summed E-state index contributed by atoms with van der Waals surface area (Å²) in [6, 6.07) is 32.1. The molecule has 5 heterocycles. The zero-order chi connectivity index (χ0) is 47.8. The maximum absolute atomic E-state index is 15.1. The summed E-state index contributed by atoms with van der Waals surface area (Å²) in [5, 5.41) is 1.13. The molecule has 0 amide bonds. The molecule has 5 aromatic heterocycles. The van der Waals surface area contributed by atoms with Crippen LogP contribution in [0, 0.1) is 26.0 Å². The third-order valence-corrected chi connectivity index (χ3v) is 11.7. The van der Waals surface area contributed by atoms with Crippen LogP contribution in [0.15, 0.2) is 125 Å². The first-order valence-corrected chi connectivity index (χ1v) is 21.4. The van der Waals surface area contributed by atoms with Gasteiger partial charge in [0.25, 0.3) is 0 Å². The number of aromatic nitrogens is 4. The molecule has 9 rings (SSSR count). The SMILES string of the molecule is Cc1ncnc(C)c1N(c1[c-]c(-c2nccc3cc(-c4ccc(C(C)(C)C)cc4)oc23)cc(C(F)(F)F)c1)c1[c-]c(-c2nccc3cc(-c4ccc(C(C)(C)C)cc4)oc23)cc(C(F)(F)F)c1.[Pt+2]. The van der Waals surface area contributed by atoms with E-state index in [4.69, 9.17) is 8.83 Å². The number of hydrogen-bond donors (Lipinski definition) is 0. The second-order valence-electron chi connectivity index (χ2n) is 18.6. The number of pyridine rings is 2. The summed E-state index contributed by atoms with van der Waals surface area (Å²) in [5.74, 6) is 0.922. The van der Waals surface area contributed by atoms with Gasteiger partial charge in [0.2, 0.25) is 0 Å². The van der Waals surface area contributed by atoms with Crippen LogP contribution >= 0.6 is 0 Å². The quantitative estimate of drug-likeness (QED) is 0.116. The number of hydrogen-bond acceptors (Lipinski definition) is 7. The second kappa shape index (κ2) is 17.5. The summed E-state index contributed by atoms with van der Waals surface area (Å²) < 4.78 is 103. The van der Waals surface area contributed by atoms with Gasteiger partial charge in [0.05, 0.1) is 17.1 Å². The van der Waals surface area contributed by atoms with E-state index >= 15 is 26.3 Å². The third-order valence-electron chi connectivity index (χ3n) is 11.7. The summed E-state index contributed by atoms with van der Waals surface area (Å²) >= 11 is 0. The number of furan rings is 2. The first-order chi connectivity index (χ1) is 31.5. The van der Waals surface area contributed by atoms with Crippen LogP contribution < -0.4 is 4.90 Å². The summed E-state index contributed by atoms with van der Waals surface area (Å²) in [4.78, 5) is 18.8. The minimum absolute atomic E-state index is 0. The standard InChI is InChI=1S/C54H43F6N5O2.Pt/c1-30-48(31(2)64-29-63-30)65(42-23-36(21-40(27-42)53(55,56)57)46-49-34(17-19-61-46)25-44(66-49)32-9-13-38(14-10-32)51(3,4)5)43-24-37(22-41(28-43)54(58,59)60)47-50-35(18-20-62-47)26-45(67-50)33-11-15-39(16-12-33)52(6,7)8;/h9-22,25-29H,1-8H3;/q-2;+2. The van der Waals surface area contributed by atoms with Crippen molar-refractivity contribution in [3.8, 4) is 45.2 Å². The second-order valence-corrected chi connectivity index (χ2v) is 18.6. The van der Waals surface area contributed by atoms with Crippen LogP contribution in [0.1, 0.15) is 75.2 Å². The van der Waals surface area contributed by atoms with Gasteiger partial charge in [0.1, 0.15) is 29.0 Å². The number of halogens is 6. The average Bonchev–Trinajstić information content (AvgIpc) is 3.92. The molecule has 0 fully saturated rings.